The van der Waals surface area contributed by atoms with E-state index in [0.29, 0.717) is 23.6 Å². The van der Waals surface area contributed by atoms with Crippen LogP contribution in [-0.2, 0) is 29.0 Å². The monoisotopic (exact) mass is 484 g/mol. The van der Waals surface area contributed by atoms with Gasteiger partial charge in [0, 0.05) is 35.1 Å². The molecule has 172 valence electrons. The predicted octanol–water partition coefficient (Wildman–Crippen LogP) is 4.76. The number of ether oxygens (including phenoxy) is 1. The highest BCUT2D eigenvalue weighted by Crippen LogP contribution is 2.48. The smallest absolute Gasteiger partial charge is 0.230 e. The van der Waals surface area contributed by atoms with E-state index >= 15 is 0 Å². The molecule has 8 heteroatoms. The van der Waals surface area contributed by atoms with Crippen molar-refractivity contribution in [2.45, 2.75) is 52.2 Å². The Hall–Kier alpha value is -2.48. The van der Waals surface area contributed by atoms with Gasteiger partial charge in [-0.25, -0.2) is 4.98 Å². The third kappa shape index (κ3) is 3.72. The number of hydrogen-bond donors (Lipinski definition) is 1. The Morgan fingerprint density at radius 1 is 1.21 bits per heavy atom. The molecule has 1 atom stereocenters. The van der Waals surface area contributed by atoms with E-state index in [9.17, 15) is 14.7 Å². The molecule has 1 aromatic carbocycles. The van der Waals surface area contributed by atoms with Gasteiger partial charge >= 0.3 is 0 Å². The molecule has 33 heavy (non-hydrogen) atoms. The lowest BCUT2D eigenvalue weighted by molar-refractivity contribution is -0.139. The van der Waals surface area contributed by atoms with Gasteiger partial charge in [0.1, 0.15) is 10.6 Å². The van der Waals surface area contributed by atoms with Crippen molar-refractivity contribution >= 4 is 45.0 Å². The Balaban J connectivity index is 1.73. The van der Waals surface area contributed by atoms with Crippen molar-refractivity contribution in [3.05, 3.63) is 45.4 Å². The molecule has 1 saturated heterocycles. The quantitative estimate of drug-likeness (QED) is 0.540. The number of benzene rings is 1. The number of aliphatic hydroxyl groups excluding tert-OH is 1. The number of hydrogen-bond acceptors (Lipinski definition) is 6. The van der Waals surface area contributed by atoms with Crippen molar-refractivity contribution in [1.29, 1.82) is 0 Å². The van der Waals surface area contributed by atoms with Gasteiger partial charge in [0.15, 0.2) is 0 Å². The van der Waals surface area contributed by atoms with Crippen LogP contribution in [0.3, 0.4) is 0 Å². The molecule has 1 fully saturated rings. The van der Waals surface area contributed by atoms with Gasteiger partial charge in [-0.2, -0.15) is 0 Å². The molecule has 1 aliphatic heterocycles. The van der Waals surface area contributed by atoms with Crippen LogP contribution in [0.5, 0.6) is 5.75 Å². The van der Waals surface area contributed by atoms with Crippen molar-refractivity contribution in [3.63, 3.8) is 0 Å². The molecule has 1 aliphatic carbocycles. The van der Waals surface area contributed by atoms with Gasteiger partial charge in [0.2, 0.25) is 11.8 Å². The third-order valence-electron chi connectivity index (χ3n) is 6.79. The van der Waals surface area contributed by atoms with Crippen molar-refractivity contribution in [2.75, 3.05) is 7.11 Å². The Morgan fingerprint density at radius 2 is 1.88 bits per heavy atom. The van der Waals surface area contributed by atoms with Crippen LogP contribution in [0, 0.1) is 5.41 Å². The van der Waals surface area contributed by atoms with Crippen LogP contribution >= 0.6 is 22.9 Å². The first-order valence-electron chi connectivity index (χ1n) is 11.0. The molecule has 0 radical (unpaired) electrons. The summed E-state index contributed by atoms with van der Waals surface area (Å²) in [5, 5.41) is 12.1. The number of likely N-dealkylation sites (tertiary alicyclic amines) is 1. The fourth-order valence-corrected chi connectivity index (χ4v) is 6.28. The summed E-state index contributed by atoms with van der Waals surface area (Å²) < 4.78 is 5.32. The molecular formula is C25H25ClN2O4S. The van der Waals surface area contributed by atoms with Gasteiger partial charge in [0.25, 0.3) is 0 Å². The summed E-state index contributed by atoms with van der Waals surface area (Å²) in [5.74, 6) is 0.351. The summed E-state index contributed by atoms with van der Waals surface area (Å²) in [5.41, 5.74) is 3.18. The number of imide groups is 1. The number of pyridine rings is 1. The molecule has 3 aromatic rings. The van der Waals surface area contributed by atoms with Crippen LogP contribution in [0.15, 0.2) is 24.3 Å². The average Bonchev–Trinajstić information content (AvgIpc) is 3.28. The zero-order chi connectivity index (χ0) is 23.5. The molecule has 1 unspecified atom stereocenters. The fourth-order valence-electron chi connectivity index (χ4n) is 4.72. The molecule has 2 aliphatic rings. The second-order valence-corrected chi connectivity index (χ2v) is 10.9. The number of thiophene rings is 1. The first-order chi connectivity index (χ1) is 15.7. The van der Waals surface area contributed by atoms with Gasteiger partial charge < -0.3 is 9.84 Å². The first kappa shape index (κ1) is 22.3. The number of carbonyl (C=O) groups excluding carboxylic acids is 2. The highest BCUT2D eigenvalue weighted by atomic mass is 35.5. The maximum atomic E-state index is 12.3. The van der Waals surface area contributed by atoms with Crippen LogP contribution < -0.4 is 4.74 Å². The number of aromatic nitrogens is 1. The van der Waals surface area contributed by atoms with Gasteiger partial charge in [-0.05, 0) is 35.1 Å². The topological polar surface area (TPSA) is 79.7 Å². The van der Waals surface area contributed by atoms with E-state index in [1.165, 1.54) is 10.5 Å². The maximum Gasteiger partial charge on any atom is 0.230 e. The van der Waals surface area contributed by atoms with Crippen molar-refractivity contribution in [2.24, 2.45) is 5.41 Å². The van der Waals surface area contributed by atoms with Gasteiger partial charge in [-0.15, -0.1) is 11.3 Å². The molecule has 6 nitrogen and oxygen atoms in total. The zero-order valence-electron chi connectivity index (χ0n) is 18.8. The maximum absolute atomic E-state index is 12.3. The lowest BCUT2D eigenvalue weighted by atomic mass is 9.73. The summed E-state index contributed by atoms with van der Waals surface area (Å²) in [7, 11) is 1.62. The van der Waals surface area contributed by atoms with E-state index in [1.807, 2.05) is 24.3 Å². The van der Waals surface area contributed by atoms with E-state index < -0.39 is 6.10 Å². The Labute approximate surface area is 201 Å². The van der Waals surface area contributed by atoms with Gasteiger partial charge in [-0.1, -0.05) is 37.6 Å². The SMILES string of the molecule is COc1ccc(-c2c(Cl)c(CN3C(=O)CCC3=O)nc3sc4c(c23)CC(C)(C)C(O)C4)cc1. The Kier molecular flexibility index (Phi) is 5.46. The largest absolute Gasteiger partial charge is 0.497 e. The summed E-state index contributed by atoms with van der Waals surface area (Å²) in [4.78, 5) is 32.5. The van der Waals surface area contributed by atoms with E-state index in [0.717, 1.165) is 32.0 Å². The van der Waals surface area contributed by atoms with Gasteiger partial charge in [0.05, 0.1) is 30.5 Å². The molecular weight excluding hydrogens is 460 g/mol. The summed E-state index contributed by atoms with van der Waals surface area (Å²) in [6, 6.07) is 7.69. The number of amides is 2. The van der Waals surface area contributed by atoms with Gasteiger partial charge in [-0.3, -0.25) is 14.5 Å². The molecule has 5 rings (SSSR count). The van der Waals surface area contributed by atoms with E-state index in [2.05, 4.69) is 13.8 Å². The molecule has 0 spiro atoms. The fraction of sp³-hybridized carbons (Fsp3) is 0.400. The number of methoxy groups -OCH3 is 1. The Morgan fingerprint density at radius 3 is 2.52 bits per heavy atom. The van der Waals surface area contributed by atoms with E-state index in [-0.39, 0.29) is 36.6 Å². The number of carbonyl (C=O) groups is 2. The highest BCUT2D eigenvalue weighted by Gasteiger charge is 2.38. The molecule has 3 heterocycles. The molecule has 2 aromatic heterocycles. The second kappa shape index (κ2) is 8.08. The van der Waals surface area contributed by atoms with Crippen molar-refractivity contribution in [1.82, 2.24) is 9.88 Å². The molecule has 1 N–H and O–H groups in total. The lowest BCUT2D eigenvalue weighted by Crippen LogP contribution is -2.36. The van der Waals surface area contributed by atoms with Crippen LogP contribution in [0.4, 0.5) is 0 Å². The molecule has 2 amide bonds. The van der Waals surface area contributed by atoms with E-state index in [1.54, 1.807) is 18.4 Å². The molecule has 0 bridgehead atoms. The van der Waals surface area contributed by atoms with E-state index in [4.69, 9.17) is 21.3 Å². The number of rotatable bonds is 4. The first-order valence-corrected chi connectivity index (χ1v) is 12.2. The Bertz CT molecular complexity index is 1270. The standard InChI is InChI=1S/C25H25ClN2O4S/c1-25(2)11-15-17(10-18(25)29)33-24-22(15)21(13-4-6-14(32-3)7-5-13)23(26)16(27-24)12-28-19(30)8-9-20(28)31/h4-7,18,29H,8-12H2,1-3H3. The average molecular weight is 485 g/mol. The lowest BCUT2D eigenvalue weighted by Gasteiger charge is -2.35. The van der Waals surface area contributed by atoms with Crippen molar-refractivity contribution < 1.29 is 19.4 Å². The number of nitrogens with zero attached hydrogens (tertiary/aromatic N) is 2. The molecule has 0 saturated carbocycles. The highest BCUT2D eigenvalue weighted by molar-refractivity contribution is 7.19. The zero-order valence-corrected chi connectivity index (χ0v) is 20.3. The second-order valence-electron chi connectivity index (χ2n) is 9.42. The summed E-state index contributed by atoms with van der Waals surface area (Å²) in [6.07, 6.45) is 1.31. The summed E-state index contributed by atoms with van der Waals surface area (Å²) >= 11 is 8.54. The minimum atomic E-state index is -0.433. The van der Waals surface area contributed by atoms with Crippen LogP contribution in [0.1, 0.15) is 42.8 Å². The van der Waals surface area contributed by atoms with Crippen LogP contribution in [0.25, 0.3) is 21.3 Å². The number of fused-ring (bicyclic) bond motifs is 3. The van der Waals surface area contributed by atoms with Crippen LogP contribution in [-0.4, -0.2) is 40.0 Å². The normalized spacial score (nSPS) is 19.9. The predicted molar refractivity (Wildman–Crippen MR) is 129 cm³/mol. The van der Waals surface area contributed by atoms with Crippen LogP contribution in [0.2, 0.25) is 5.02 Å². The van der Waals surface area contributed by atoms with Crippen molar-refractivity contribution in [3.8, 4) is 16.9 Å². The number of aliphatic hydroxyl groups is 1. The minimum Gasteiger partial charge on any atom is -0.497 e. The minimum absolute atomic E-state index is 0.0618. The third-order valence-corrected chi connectivity index (χ3v) is 8.34. The number of halogens is 1. The summed E-state index contributed by atoms with van der Waals surface area (Å²) in [6.45, 7) is 4.21.